The number of methoxy groups -OCH3 is 1. The lowest BCUT2D eigenvalue weighted by Crippen LogP contribution is -2.10. The number of thioether (sulfide) groups is 1. The van der Waals surface area contributed by atoms with E-state index in [1.807, 2.05) is 38.1 Å². The van der Waals surface area contributed by atoms with Crippen LogP contribution in [0, 0.1) is 19.8 Å². The molecule has 0 unspecified atom stereocenters. The second-order valence-corrected chi connectivity index (χ2v) is 8.34. The summed E-state index contributed by atoms with van der Waals surface area (Å²) in [5, 5.41) is 9.47. The molecule has 0 N–H and O–H groups in total. The summed E-state index contributed by atoms with van der Waals surface area (Å²) >= 11 is 1.42. The molecule has 0 aliphatic heterocycles. The molecular formula is C22H26N4O2S. The van der Waals surface area contributed by atoms with E-state index in [0.717, 1.165) is 45.5 Å². The Bertz CT molecular complexity index is 1000. The molecule has 0 spiro atoms. The van der Waals surface area contributed by atoms with Crippen molar-refractivity contribution in [3.63, 3.8) is 0 Å². The molecule has 0 aliphatic rings. The zero-order valence-electron chi connectivity index (χ0n) is 17.5. The highest BCUT2D eigenvalue weighted by molar-refractivity contribution is 7.99. The lowest BCUT2D eigenvalue weighted by molar-refractivity contribution is 0.102. The van der Waals surface area contributed by atoms with Crippen molar-refractivity contribution in [2.45, 2.75) is 39.4 Å². The number of aromatic nitrogens is 4. The topological polar surface area (TPSA) is 69.9 Å². The first kappa shape index (κ1) is 21.0. The summed E-state index contributed by atoms with van der Waals surface area (Å²) in [6.07, 6.45) is 3.52. The Morgan fingerprint density at radius 1 is 1.21 bits per heavy atom. The second-order valence-electron chi connectivity index (χ2n) is 7.40. The quantitative estimate of drug-likeness (QED) is 0.399. The summed E-state index contributed by atoms with van der Waals surface area (Å²) in [7, 11) is 1.64. The van der Waals surface area contributed by atoms with E-state index < -0.39 is 0 Å². The Labute approximate surface area is 175 Å². The van der Waals surface area contributed by atoms with Crippen LogP contribution in [0.3, 0.4) is 0 Å². The lowest BCUT2D eigenvalue weighted by Gasteiger charge is -2.13. The smallest absolute Gasteiger partial charge is 0.191 e. The number of carbonyl (C=O) groups excluding carboxylic acids is 1. The van der Waals surface area contributed by atoms with Crippen molar-refractivity contribution in [1.29, 1.82) is 0 Å². The van der Waals surface area contributed by atoms with Gasteiger partial charge in [-0.2, -0.15) is 0 Å². The van der Waals surface area contributed by atoms with Gasteiger partial charge in [0.15, 0.2) is 16.8 Å². The maximum atomic E-state index is 12.9. The van der Waals surface area contributed by atoms with Gasteiger partial charge in [-0.3, -0.25) is 9.78 Å². The molecule has 0 saturated carbocycles. The third-order valence-electron chi connectivity index (χ3n) is 4.56. The van der Waals surface area contributed by atoms with Gasteiger partial charge in [-0.1, -0.05) is 25.6 Å². The Balaban J connectivity index is 1.83. The van der Waals surface area contributed by atoms with Gasteiger partial charge in [-0.15, -0.1) is 10.2 Å². The molecule has 7 heteroatoms. The van der Waals surface area contributed by atoms with Crippen molar-refractivity contribution in [1.82, 2.24) is 19.7 Å². The fraction of sp³-hybridized carbons (Fsp3) is 0.364. The summed E-state index contributed by atoms with van der Waals surface area (Å²) in [4.78, 5) is 17.1. The van der Waals surface area contributed by atoms with Crippen LogP contribution in [0.5, 0.6) is 5.75 Å². The number of pyridine rings is 1. The molecule has 152 valence electrons. The highest BCUT2D eigenvalue weighted by Gasteiger charge is 2.18. The van der Waals surface area contributed by atoms with E-state index in [2.05, 4.69) is 33.6 Å². The molecule has 29 heavy (non-hydrogen) atoms. The van der Waals surface area contributed by atoms with Crippen molar-refractivity contribution in [3.05, 3.63) is 53.3 Å². The van der Waals surface area contributed by atoms with Crippen LogP contribution in [-0.2, 0) is 6.54 Å². The monoisotopic (exact) mass is 410 g/mol. The number of carbonyl (C=O) groups is 1. The Morgan fingerprint density at radius 2 is 2.00 bits per heavy atom. The van der Waals surface area contributed by atoms with Gasteiger partial charge in [0.1, 0.15) is 5.75 Å². The Kier molecular flexibility index (Phi) is 6.69. The van der Waals surface area contributed by atoms with Crippen LogP contribution in [0.1, 0.15) is 35.3 Å². The number of rotatable bonds is 8. The number of hydrogen-bond donors (Lipinski definition) is 0. The Morgan fingerprint density at radius 3 is 2.66 bits per heavy atom. The van der Waals surface area contributed by atoms with Crippen LogP contribution >= 0.6 is 11.8 Å². The standard InChI is InChI=1S/C22H26N4O2S/c1-14(2)12-26-21(17-7-6-8-23-11-17)24-25-22(26)29-13-19(27)18-9-16(4)20(28-5)10-15(18)3/h6-11,14H,12-13H2,1-5H3. The fourth-order valence-electron chi connectivity index (χ4n) is 3.15. The van der Waals surface area contributed by atoms with E-state index in [0.29, 0.717) is 11.7 Å². The minimum Gasteiger partial charge on any atom is -0.496 e. The van der Waals surface area contributed by atoms with Crippen molar-refractivity contribution < 1.29 is 9.53 Å². The SMILES string of the molecule is COc1cc(C)c(C(=O)CSc2nnc(-c3cccnc3)n2CC(C)C)cc1C. The normalized spacial score (nSPS) is 11.1. The predicted octanol–water partition coefficient (Wildman–Crippen LogP) is 4.60. The first-order valence-corrected chi connectivity index (χ1v) is 10.5. The maximum absolute atomic E-state index is 12.9. The molecule has 3 rings (SSSR count). The van der Waals surface area contributed by atoms with E-state index in [4.69, 9.17) is 4.74 Å². The first-order chi connectivity index (χ1) is 13.9. The largest absolute Gasteiger partial charge is 0.496 e. The van der Waals surface area contributed by atoms with E-state index in [9.17, 15) is 4.79 Å². The molecule has 0 fully saturated rings. The first-order valence-electron chi connectivity index (χ1n) is 9.55. The zero-order chi connectivity index (χ0) is 21.0. The van der Waals surface area contributed by atoms with Gasteiger partial charge in [0.25, 0.3) is 0 Å². The van der Waals surface area contributed by atoms with Crippen molar-refractivity contribution in [2.24, 2.45) is 5.92 Å². The number of ketones is 1. The predicted molar refractivity (Wildman–Crippen MR) is 116 cm³/mol. The molecule has 0 radical (unpaired) electrons. The molecule has 2 aromatic heterocycles. The molecule has 0 aliphatic carbocycles. The lowest BCUT2D eigenvalue weighted by atomic mass is 10.0. The number of hydrogen-bond acceptors (Lipinski definition) is 6. The van der Waals surface area contributed by atoms with E-state index in [-0.39, 0.29) is 5.78 Å². The number of aryl methyl sites for hydroxylation is 2. The van der Waals surface area contributed by atoms with Crippen molar-refractivity contribution in [2.75, 3.05) is 12.9 Å². The number of nitrogens with zero attached hydrogens (tertiary/aromatic N) is 4. The molecule has 2 heterocycles. The molecular weight excluding hydrogens is 384 g/mol. The van der Waals surface area contributed by atoms with Crippen LogP contribution in [0.4, 0.5) is 0 Å². The van der Waals surface area contributed by atoms with E-state index >= 15 is 0 Å². The van der Waals surface area contributed by atoms with Crippen LogP contribution in [0.25, 0.3) is 11.4 Å². The highest BCUT2D eigenvalue weighted by atomic mass is 32.2. The summed E-state index contributed by atoms with van der Waals surface area (Å²) < 4.78 is 7.42. The number of ether oxygens (including phenoxy) is 1. The van der Waals surface area contributed by atoms with Gasteiger partial charge in [-0.25, -0.2) is 0 Å². The van der Waals surface area contributed by atoms with Gasteiger partial charge in [-0.05, 0) is 55.2 Å². The average Bonchev–Trinajstić information content (AvgIpc) is 3.10. The molecule has 6 nitrogen and oxygen atoms in total. The third kappa shape index (κ3) is 4.85. The summed E-state index contributed by atoms with van der Waals surface area (Å²) in [5.74, 6) is 2.36. The van der Waals surface area contributed by atoms with Crippen molar-refractivity contribution >= 4 is 17.5 Å². The molecule has 3 aromatic rings. The van der Waals surface area contributed by atoms with E-state index in [1.54, 1.807) is 19.5 Å². The van der Waals surface area contributed by atoms with Gasteiger partial charge in [0, 0.05) is 30.1 Å². The molecule has 0 saturated heterocycles. The van der Waals surface area contributed by atoms with Crippen LogP contribution < -0.4 is 4.74 Å². The number of benzene rings is 1. The van der Waals surface area contributed by atoms with Crippen LogP contribution in [0.2, 0.25) is 0 Å². The third-order valence-corrected chi connectivity index (χ3v) is 5.53. The minimum absolute atomic E-state index is 0.0697. The average molecular weight is 411 g/mol. The van der Waals surface area contributed by atoms with Gasteiger partial charge < -0.3 is 9.30 Å². The minimum atomic E-state index is 0.0697. The second kappa shape index (κ2) is 9.22. The summed E-state index contributed by atoms with van der Waals surface area (Å²) in [6.45, 7) is 8.95. The maximum Gasteiger partial charge on any atom is 0.191 e. The van der Waals surface area contributed by atoms with Crippen LogP contribution in [0.15, 0.2) is 41.8 Å². The van der Waals surface area contributed by atoms with E-state index in [1.165, 1.54) is 11.8 Å². The van der Waals surface area contributed by atoms with Crippen molar-refractivity contribution in [3.8, 4) is 17.1 Å². The number of Topliss-reactive ketones (excluding diaryl/α,β-unsaturated/α-hetero) is 1. The van der Waals surface area contributed by atoms with Gasteiger partial charge >= 0.3 is 0 Å². The molecule has 0 bridgehead atoms. The molecule has 1 aromatic carbocycles. The fourth-order valence-corrected chi connectivity index (χ4v) is 3.98. The molecule has 0 amide bonds. The molecule has 0 atom stereocenters. The Hall–Kier alpha value is -2.67. The summed E-state index contributed by atoms with van der Waals surface area (Å²) in [5.41, 5.74) is 3.50. The highest BCUT2D eigenvalue weighted by Crippen LogP contribution is 2.27. The summed E-state index contributed by atoms with van der Waals surface area (Å²) in [6, 6.07) is 7.66. The zero-order valence-corrected chi connectivity index (χ0v) is 18.3. The van der Waals surface area contributed by atoms with Gasteiger partial charge in [0.05, 0.1) is 12.9 Å². The van der Waals surface area contributed by atoms with Gasteiger partial charge in [0.2, 0.25) is 0 Å². The van der Waals surface area contributed by atoms with Crippen LogP contribution in [-0.4, -0.2) is 38.4 Å².